The summed E-state index contributed by atoms with van der Waals surface area (Å²) in [4.78, 5) is 20.9. The van der Waals surface area contributed by atoms with Gasteiger partial charge in [0, 0.05) is 5.41 Å². The van der Waals surface area contributed by atoms with Gasteiger partial charge >= 0.3 is 0 Å². The van der Waals surface area contributed by atoms with Gasteiger partial charge in [-0.05, 0) is 12.5 Å². The molecule has 14 heavy (non-hydrogen) atoms. The second-order valence-electron chi connectivity index (χ2n) is 4.13. The highest BCUT2D eigenvalue weighted by molar-refractivity contribution is 5.63. The van der Waals surface area contributed by atoms with E-state index in [1.165, 1.54) is 0 Å². The molecule has 1 aliphatic carbocycles. The monoisotopic (exact) mass is 194 g/mol. The highest BCUT2D eigenvalue weighted by Gasteiger charge is 2.33. The lowest BCUT2D eigenvalue weighted by molar-refractivity contribution is -0.127. The van der Waals surface area contributed by atoms with Crippen molar-refractivity contribution in [1.82, 2.24) is 0 Å². The van der Waals surface area contributed by atoms with Crippen molar-refractivity contribution in [2.45, 2.75) is 20.3 Å². The van der Waals surface area contributed by atoms with Gasteiger partial charge in [0.2, 0.25) is 0 Å². The minimum Gasteiger partial charge on any atom is -0.433 e. The molecule has 3 nitrogen and oxygen atoms in total. The summed E-state index contributed by atoms with van der Waals surface area (Å²) in [6.07, 6.45) is 3.13. The molecule has 1 rings (SSSR count). The van der Waals surface area contributed by atoms with Gasteiger partial charge in [-0.15, -0.1) is 0 Å². The highest BCUT2D eigenvalue weighted by atomic mass is 16.5. The third-order valence-electron chi connectivity index (χ3n) is 2.46. The molecule has 1 atom stereocenters. The van der Waals surface area contributed by atoms with E-state index >= 15 is 0 Å². The van der Waals surface area contributed by atoms with Gasteiger partial charge < -0.3 is 9.53 Å². The third kappa shape index (κ3) is 1.92. The molecule has 0 aromatic heterocycles. The molecule has 1 unspecified atom stereocenters. The Morgan fingerprint density at radius 1 is 1.57 bits per heavy atom. The van der Waals surface area contributed by atoms with Crippen LogP contribution in [0.2, 0.25) is 0 Å². The summed E-state index contributed by atoms with van der Waals surface area (Å²) in [5.41, 5.74) is 0.612. The van der Waals surface area contributed by atoms with Gasteiger partial charge in [0.05, 0.1) is 5.92 Å². The van der Waals surface area contributed by atoms with Crippen LogP contribution in [0.4, 0.5) is 0 Å². The molecule has 0 amide bonds. The normalized spacial score (nSPS) is 25.1. The first-order chi connectivity index (χ1) is 6.51. The molecule has 0 radical (unpaired) electrons. The van der Waals surface area contributed by atoms with Crippen LogP contribution >= 0.6 is 0 Å². The summed E-state index contributed by atoms with van der Waals surface area (Å²) in [5, 5.41) is 0. The summed E-state index contributed by atoms with van der Waals surface area (Å²) in [7, 11) is 0. The maximum atomic E-state index is 10.7. The van der Waals surface area contributed by atoms with E-state index in [0.717, 1.165) is 11.9 Å². The van der Waals surface area contributed by atoms with Crippen molar-refractivity contribution in [3.63, 3.8) is 0 Å². The lowest BCUT2D eigenvalue weighted by Crippen LogP contribution is -2.25. The first kappa shape index (κ1) is 10.7. The number of allylic oxidation sites excluding steroid dienone is 3. The van der Waals surface area contributed by atoms with Crippen LogP contribution in [0.5, 0.6) is 0 Å². The van der Waals surface area contributed by atoms with E-state index in [4.69, 9.17) is 4.74 Å². The van der Waals surface area contributed by atoms with Crippen LogP contribution in [0.1, 0.15) is 20.3 Å². The Hall–Kier alpha value is -1.38. The molecule has 0 aromatic carbocycles. The van der Waals surface area contributed by atoms with Gasteiger partial charge in [-0.3, -0.25) is 4.79 Å². The van der Waals surface area contributed by atoms with Crippen LogP contribution in [0, 0.1) is 11.3 Å². The van der Waals surface area contributed by atoms with Crippen LogP contribution in [-0.2, 0) is 14.3 Å². The van der Waals surface area contributed by atoms with Crippen molar-refractivity contribution in [3.05, 3.63) is 24.0 Å². The Labute approximate surface area is 83.4 Å². The van der Waals surface area contributed by atoms with Crippen LogP contribution in [0.25, 0.3) is 0 Å². The second-order valence-corrected chi connectivity index (χ2v) is 4.13. The molecule has 0 saturated carbocycles. The Kier molecular flexibility index (Phi) is 2.89. The molecule has 0 bridgehead atoms. The van der Waals surface area contributed by atoms with Crippen molar-refractivity contribution in [3.8, 4) is 0 Å². The SMILES string of the molecule is C=C1CC(C)(C)C(OC=O)=CC1C=O. The molecule has 1 aliphatic rings. The van der Waals surface area contributed by atoms with Crippen LogP contribution in [-0.4, -0.2) is 12.8 Å². The van der Waals surface area contributed by atoms with Crippen molar-refractivity contribution in [1.29, 1.82) is 0 Å². The number of ether oxygens (including phenoxy) is 1. The van der Waals surface area contributed by atoms with E-state index in [0.29, 0.717) is 18.7 Å². The first-order valence-corrected chi connectivity index (χ1v) is 4.47. The smallest absolute Gasteiger partial charge is 0.298 e. The molecule has 3 heteroatoms. The lowest BCUT2D eigenvalue weighted by atomic mass is 9.75. The molecule has 0 aromatic rings. The summed E-state index contributed by atoms with van der Waals surface area (Å²) < 4.78 is 4.86. The summed E-state index contributed by atoms with van der Waals surface area (Å²) in [5.74, 6) is 0.231. The zero-order chi connectivity index (χ0) is 10.8. The number of hydrogen-bond acceptors (Lipinski definition) is 3. The minimum atomic E-state index is -0.321. The van der Waals surface area contributed by atoms with Gasteiger partial charge in [0.15, 0.2) is 0 Å². The lowest BCUT2D eigenvalue weighted by Gasteiger charge is -2.32. The molecule has 76 valence electrons. The molecular weight excluding hydrogens is 180 g/mol. The number of carbonyl (C=O) groups excluding carboxylic acids is 2. The third-order valence-corrected chi connectivity index (χ3v) is 2.46. The minimum absolute atomic E-state index is 0.252. The van der Waals surface area contributed by atoms with Gasteiger partial charge in [0.25, 0.3) is 6.47 Å². The summed E-state index contributed by atoms with van der Waals surface area (Å²) in [6, 6.07) is 0. The second kappa shape index (κ2) is 3.78. The molecule has 0 aliphatic heterocycles. The largest absolute Gasteiger partial charge is 0.433 e. The number of rotatable bonds is 3. The average molecular weight is 194 g/mol. The first-order valence-electron chi connectivity index (χ1n) is 4.47. The van der Waals surface area contributed by atoms with Crippen molar-refractivity contribution < 1.29 is 14.3 Å². The van der Waals surface area contributed by atoms with E-state index in [9.17, 15) is 9.59 Å². The van der Waals surface area contributed by atoms with E-state index in [-0.39, 0.29) is 11.3 Å². The standard InChI is InChI=1S/C11H14O3/c1-8-5-11(2,3)10(14-7-13)4-9(8)6-12/h4,6-7,9H,1,5H2,2-3H3. The Bertz CT molecular complexity index is 300. The topological polar surface area (TPSA) is 43.4 Å². The number of carbonyl (C=O) groups is 2. The summed E-state index contributed by atoms with van der Waals surface area (Å²) >= 11 is 0. The van der Waals surface area contributed by atoms with Gasteiger partial charge in [-0.25, -0.2) is 0 Å². The van der Waals surface area contributed by atoms with Crippen LogP contribution in [0.15, 0.2) is 24.0 Å². The van der Waals surface area contributed by atoms with E-state index in [1.807, 2.05) is 13.8 Å². The molecule has 0 heterocycles. The Morgan fingerprint density at radius 3 is 2.71 bits per heavy atom. The average Bonchev–Trinajstić information content (AvgIpc) is 2.09. The quantitative estimate of drug-likeness (QED) is 0.508. The van der Waals surface area contributed by atoms with Crippen LogP contribution < -0.4 is 0 Å². The summed E-state index contributed by atoms with van der Waals surface area (Å²) in [6.45, 7) is 8.14. The Balaban J connectivity index is 3.02. The van der Waals surface area contributed by atoms with Crippen LogP contribution in [0.3, 0.4) is 0 Å². The van der Waals surface area contributed by atoms with Crippen molar-refractivity contribution in [2.75, 3.05) is 0 Å². The molecule has 0 fully saturated rings. The fourth-order valence-corrected chi connectivity index (χ4v) is 1.67. The van der Waals surface area contributed by atoms with E-state index < -0.39 is 0 Å². The fraction of sp³-hybridized carbons (Fsp3) is 0.455. The zero-order valence-corrected chi connectivity index (χ0v) is 8.45. The fourth-order valence-electron chi connectivity index (χ4n) is 1.67. The molecule has 0 spiro atoms. The van der Waals surface area contributed by atoms with Crippen molar-refractivity contribution >= 4 is 12.8 Å². The van der Waals surface area contributed by atoms with E-state index in [1.54, 1.807) is 6.08 Å². The van der Waals surface area contributed by atoms with Gasteiger partial charge in [-0.1, -0.05) is 26.0 Å². The molecule has 0 saturated heterocycles. The number of aldehydes is 1. The zero-order valence-electron chi connectivity index (χ0n) is 8.45. The highest BCUT2D eigenvalue weighted by Crippen LogP contribution is 2.40. The van der Waals surface area contributed by atoms with E-state index in [2.05, 4.69) is 6.58 Å². The maximum absolute atomic E-state index is 10.7. The van der Waals surface area contributed by atoms with Gasteiger partial charge in [-0.2, -0.15) is 0 Å². The predicted octanol–water partition coefficient (Wildman–Crippen LogP) is 1.84. The molecular formula is C11H14O3. The molecule has 0 N–H and O–H groups in total. The number of hydrogen-bond donors (Lipinski definition) is 0. The maximum Gasteiger partial charge on any atom is 0.298 e. The van der Waals surface area contributed by atoms with Gasteiger partial charge in [0.1, 0.15) is 12.0 Å². The predicted molar refractivity (Wildman–Crippen MR) is 52.3 cm³/mol. The van der Waals surface area contributed by atoms with Crippen molar-refractivity contribution in [2.24, 2.45) is 11.3 Å². The Morgan fingerprint density at radius 2 is 2.21 bits per heavy atom.